The maximum atomic E-state index is 13.7. The minimum absolute atomic E-state index is 0.0885. The van der Waals surface area contributed by atoms with E-state index in [0.717, 1.165) is 52.2 Å². The van der Waals surface area contributed by atoms with Crippen molar-refractivity contribution in [2.24, 2.45) is 5.41 Å². The van der Waals surface area contributed by atoms with Crippen LogP contribution in [0.15, 0.2) is 140 Å². The average Bonchev–Trinajstić information content (AvgIpc) is 3.46. The zero-order valence-corrected chi connectivity index (χ0v) is 24.9. The van der Waals surface area contributed by atoms with E-state index in [2.05, 4.69) is 140 Å². The van der Waals surface area contributed by atoms with Gasteiger partial charge in [0.2, 0.25) is 0 Å². The predicted octanol–water partition coefficient (Wildman–Crippen LogP) is 9.57. The first kappa shape index (κ1) is 28.3. The summed E-state index contributed by atoms with van der Waals surface area (Å²) in [5, 5.41) is 0. The number of pyridine rings is 1. The average molecular weight is 566 g/mol. The Labute approximate surface area is 253 Å². The van der Waals surface area contributed by atoms with Gasteiger partial charge >= 0.3 is 0 Å². The fraction of sp³-hybridized carbons (Fsp3) is 0.179. The van der Waals surface area contributed by atoms with Gasteiger partial charge in [-0.15, -0.1) is 0 Å². The van der Waals surface area contributed by atoms with E-state index >= 15 is 0 Å². The fourth-order valence-electron chi connectivity index (χ4n) is 5.91. The maximum Gasteiger partial charge on any atom is 0.141 e. The van der Waals surface area contributed by atoms with Crippen LogP contribution >= 0.6 is 0 Å². The third kappa shape index (κ3) is 5.53. The van der Waals surface area contributed by atoms with E-state index in [-0.39, 0.29) is 11.2 Å². The molecule has 0 N–H and O–H groups in total. The van der Waals surface area contributed by atoms with Gasteiger partial charge in [-0.25, -0.2) is 9.37 Å². The lowest BCUT2D eigenvalue weighted by molar-refractivity contribution is 0.345. The molecule has 0 aliphatic rings. The van der Waals surface area contributed by atoms with Crippen molar-refractivity contribution < 1.29 is 4.39 Å². The lowest BCUT2D eigenvalue weighted by atomic mass is 9.76. The van der Waals surface area contributed by atoms with Crippen LogP contribution < -0.4 is 0 Å². The van der Waals surface area contributed by atoms with Gasteiger partial charge in [-0.1, -0.05) is 136 Å². The number of imidazole rings is 1. The second kappa shape index (κ2) is 11.8. The van der Waals surface area contributed by atoms with E-state index in [4.69, 9.17) is 4.98 Å². The lowest BCUT2D eigenvalue weighted by Crippen LogP contribution is -2.38. The number of nitrogens with zero attached hydrogens (tertiary/aromatic N) is 3. The van der Waals surface area contributed by atoms with Crippen molar-refractivity contribution in [3.8, 4) is 22.6 Å². The van der Waals surface area contributed by atoms with Crippen LogP contribution in [0.25, 0.3) is 22.6 Å². The molecule has 4 heteroatoms. The fourth-order valence-corrected chi connectivity index (χ4v) is 5.91. The highest BCUT2D eigenvalue weighted by atomic mass is 19.1. The van der Waals surface area contributed by atoms with Gasteiger partial charge in [0.15, 0.2) is 0 Å². The van der Waals surface area contributed by atoms with Crippen LogP contribution in [0, 0.1) is 11.2 Å². The van der Waals surface area contributed by atoms with E-state index in [0.29, 0.717) is 5.69 Å². The molecule has 0 bridgehead atoms. The predicted molar refractivity (Wildman–Crippen MR) is 173 cm³/mol. The molecule has 0 unspecified atom stereocenters. The molecule has 3 nitrogen and oxygen atoms in total. The normalized spacial score (nSPS) is 11.9. The van der Waals surface area contributed by atoms with Crippen LogP contribution in [0.4, 0.5) is 4.39 Å². The maximum absolute atomic E-state index is 13.7. The van der Waals surface area contributed by atoms with Crippen LogP contribution in [-0.4, -0.2) is 14.5 Å². The first-order valence-electron chi connectivity index (χ1n) is 14.9. The number of hydrogen-bond donors (Lipinski definition) is 0. The monoisotopic (exact) mass is 565 g/mol. The van der Waals surface area contributed by atoms with Crippen molar-refractivity contribution >= 4 is 0 Å². The van der Waals surface area contributed by atoms with Crippen molar-refractivity contribution in [2.45, 2.75) is 39.2 Å². The largest absolute Gasteiger partial charge is 0.312 e. The molecule has 6 aromatic rings. The Morgan fingerprint density at radius 2 is 1.23 bits per heavy atom. The summed E-state index contributed by atoms with van der Waals surface area (Å²) in [7, 11) is 0. The van der Waals surface area contributed by atoms with Crippen LogP contribution in [-0.2, 0) is 12.0 Å². The Hall–Kier alpha value is -4.83. The molecule has 0 aliphatic carbocycles. The van der Waals surface area contributed by atoms with E-state index in [1.54, 1.807) is 6.07 Å². The lowest BCUT2D eigenvalue weighted by Gasteiger charge is -2.38. The van der Waals surface area contributed by atoms with Crippen molar-refractivity contribution in [2.75, 3.05) is 0 Å². The molecule has 0 amide bonds. The molecule has 2 aromatic heterocycles. The third-order valence-electron chi connectivity index (χ3n) is 8.45. The molecule has 0 fully saturated rings. The molecule has 0 aliphatic heterocycles. The highest BCUT2D eigenvalue weighted by Crippen LogP contribution is 2.44. The molecule has 43 heavy (non-hydrogen) atoms. The molecule has 0 saturated heterocycles. The van der Waals surface area contributed by atoms with Gasteiger partial charge in [-0.05, 0) is 46.7 Å². The molecular weight excluding hydrogens is 529 g/mol. The molecule has 0 radical (unpaired) electrons. The van der Waals surface area contributed by atoms with E-state index in [9.17, 15) is 4.39 Å². The summed E-state index contributed by atoms with van der Waals surface area (Å²) in [6, 6.07) is 43.5. The van der Waals surface area contributed by atoms with E-state index < -0.39 is 5.54 Å². The van der Waals surface area contributed by atoms with Gasteiger partial charge < -0.3 is 4.57 Å². The smallest absolute Gasteiger partial charge is 0.141 e. The summed E-state index contributed by atoms with van der Waals surface area (Å²) >= 11 is 0. The van der Waals surface area contributed by atoms with Crippen LogP contribution in [0.5, 0.6) is 0 Å². The van der Waals surface area contributed by atoms with Crippen molar-refractivity contribution in [3.63, 3.8) is 0 Å². The minimum atomic E-state index is -0.704. The van der Waals surface area contributed by atoms with Gasteiger partial charge in [-0.3, -0.25) is 4.98 Å². The highest BCUT2D eigenvalue weighted by Gasteiger charge is 2.40. The number of rotatable bonds is 9. The second-order valence-electron chi connectivity index (χ2n) is 11.9. The summed E-state index contributed by atoms with van der Waals surface area (Å²) in [5.74, 6) is 0.513. The van der Waals surface area contributed by atoms with Gasteiger partial charge in [-0.2, -0.15) is 0 Å². The van der Waals surface area contributed by atoms with Crippen LogP contribution in [0.3, 0.4) is 0 Å². The Morgan fingerprint density at radius 1 is 0.674 bits per heavy atom. The second-order valence-corrected chi connectivity index (χ2v) is 11.9. The standard InChI is InChI=1S/C39H36FN3/c1-4-38(2,3)26-35-28-43(37(42-35)30-16-14-15-29(25-30)36-24-23-34(40)27-41-36)39(31-17-8-5-9-18-31,32-19-10-6-11-20-32)33-21-12-7-13-22-33/h5-25,27-28H,4,26H2,1-3H3. The number of benzene rings is 4. The zero-order valence-electron chi connectivity index (χ0n) is 24.9. The molecular formula is C39H36FN3. The molecule has 0 spiro atoms. The number of hydrogen-bond acceptors (Lipinski definition) is 2. The van der Waals surface area contributed by atoms with Crippen molar-refractivity contribution in [3.05, 3.63) is 168 Å². The zero-order chi connectivity index (χ0) is 29.9. The SMILES string of the molecule is CCC(C)(C)Cc1cn(C(c2ccccc2)(c2ccccc2)c2ccccc2)c(-c2cccc(-c3ccc(F)cn3)c2)n1. The summed E-state index contributed by atoms with van der Waals surface area (Å²) in [4.78, 5) is 9.75. The van der Waals surface area contributed by atoms with E-state index in [1.807, 2.05) is 12.1 Å². The first-order valence-corrected chi connectivity index (χ1v) is 14.9. The van der Waals surface area contributed by atoms with Gasteiger partial charge in [0.1, 0.15) is 17.2 Å². The molecule has 2 heterocycles. The topological polar surface area (TPSA) is 30.7 Å². The number of halogens is 1. The molecule has 4 aromatic carbocycles. The van der Waals surface area contributed by atoms with Crippen molar-refractivity contribution in [1.29, 1.82) is 0 Å². The quantitative estimate of drug-likeness (QED) is 0.163. The Balaban J connectivity index is 1.68. The Bertz CT molecular complexity index is 1690. The minimum Gasteiger partial charge on any atom is -0.312 e. The molecule has 0 saturated carbocycles. The molecule has 214 valence electrons. The molecule has 6 rings (SSSR count). The molecule has 0 atom stereocenters. The van der Waals surface area contributed by atoms with Gasteiger partial charge in [0.05, 0.1) is 17.6 Å². The van der Waals surface area contributed by atoms with Crippen LogP contribution in [0.1, 0.15) is 49.6 Å². The Morgan fingerprint density at radius 3 is 1.74 bits per heavy atom. The highest BCUT2D eigenvalue weighted by molar-refractivity contribution is 5.69. The Kier molecular flexibility index (Phi) is 7.77. The van der Waals surface area contributed by atoms with Crippen molar-refractivity contribution in [1.82, 2.24) is 14.5 Å². The van der Waals surface area contributed by atoms with Crippen LogP contribution in [0.2, 0.25) is 0 Å². The third-order valence-corrected chi connectivity index (χ3v) is 8.45. The summed E-state index contributed by atoms with van der Waals surface area (Å²) in [5.41, 5.74) is 6.45. The van der Waals surface area contributed by atoms with Gasteiger partial charge in [0, 0.05) is 17.3 Å². The summed E-state index contributed by atoms with van der Waals surface area (Å²) in [6.07, 6.45) is 5.40. The number of aromatic nitrogens is 3. The first-order chi connectivity index (χ1) is 20.9. The van der Waals surface area contributed by atoms with Gasteiger partial charge in [0.25, 0.3) is 0 Å². The van der Waals surface area contributed by atoms with E-state index in [1.165, 1.54) is 12.3 Å². The summed E-state index contributed by atoms with van der Waals surface area (Å²) in [6.45, 7) is 6.83. The summed E-state index contributed by atoms with van der Waals surface area (Å²) < 4.78 is 16.1.